The Bertz CT molecular complexity index is 392. The predicted octanol–water partition coefficient (Wildman–Crippen LogP) is -2.42. The van der Waals surface area contributed by atoms with Crippen molar-refractivity contribution >= 4 is 28.9 Å². The van der Waals surface area contributed by atoms with Crippen LogP contribution < -0.4 is 15.4 Å². The molecule has 114 valence electrons. The first-order chi connectivity index (χ1) is 9.35. The lowest BCUT2D eigenvalue weighted by Crippen LogP contribution is -2.54. The molecular weight excluding hydrogens is 286 g/mol. The van der Waals surface area contributed by atoms with Crippen molar-refractivity contribution in [2.45, 2.75) is 31.5 Å². The number of hydrogen-bond acceptors (Lipinski definition) is 5. The summed E-state index contributed by atoms with van der Waals surface area (Å²) in [5.74, 6) is -1.33. The van der Waals surface area contributed by atoms with Crippen LogP contribution in [0.2, 0.25) is 0 Å². The molecule has 0 aromatic heterocycles. The SMILES string of the molecule is C[C@H](NC(=O)[C@@H]1CC[S+](C)N1)C(=O)N[C@@H](CO)C(=O)O. The molecule has 5 N–H and O–H groups in total. The maximum Gasteiger partial charge on any atom is 0.328 e. The van der Waals surface area contributed by atoms with Gasteiger partial charge in [-0.3, -0.25) is 9.59 Å². The van der Waals surface area contributed by atoms with Gasteiger partial charge in [0.25, 0.3) is 0 Å². The molecule has 1 fully saturated rings. The first kappa shape index (κ1) is 16.7. The van der Waals surface area contributed by atoms with Crippen LogP contribution in [0.15, 0.2) is 0 Å². The van der Waals surface area contributed by atoms with Gasteiger partial charge in [-0.15, -0.1) is 4.72 Å². The Morgan fingerprint density at radius 3 is 2.50 bits per heavy atom. The number of aliphatic carboxylic acids is 1. The van der Waals surface area contributed by atoms with E-state index in [1.165, 1.54) is 6.92 Å². The molecular formula is C11H20N3O5S+. The molecule has 2 amide bonds. The summed E-state index contributed by atoms with van der Waals surface area (Å²) in [5, 5.41) is 22.2. The second-order valence-electron chi connectivity index (χ2n) is 4.61. The highest BCUT2D eigenvalue weighted by atomic mass is 32.2. The molecule has 1 unspecified atom stereocenters. The molecule has 1 saturated heterocycles. The van der Waals surface area contributed by atoms with E-state index >= 15 is 0 Å². The molecule has 1 heterocycles. The average molecular weight is 306 g/mol. The van der Waals surface area contributed by atoms with E-state index in [-0.39, 0.29) is 23.0 Å². The van der Waals surface area contributed by atoms with Crippen LogP contribution in [-0.2, 0) is 25.5 Å². The Morgan fingerprint density at radius 2 is 2.05 bits per heavy atom. The number of carboxylic acid groups (broad SMARTS) is 1. The smallest absolute Gasteiger partial charge is 0.328 e. The van der Waals surface area contributed by atoms with Crippen molar-refractivity contribution in [3.63, 3.8) is 0 Å². The number of carbonyl (C=O) groups excluding carboxylic acids is 2. The monoisotopic (exact) mass is 306 g/mol. The minimum atomic E-state index is -1.37. The predicted molar refractivity (Wildman–Crippen MR) is 74.0 cm³/mol. The summed E-state index contributed by atoms with van der Waals surface area (Å²) in [6.45, 7) is 0.759. The zero-order valence-corrected chi connectivity index (χ0v) is 12.2. The van der Waals surface area contributed by atoms with Crippen molar-refractivity contribution in [3.8, 4) is 0 Å². The van der Waals surface area contributed by atoms with Gasteiger partial charge in [-0.2, -0.15) is 0 Å². The van der Waals surface area contributed by atoms with Gasteiger partial charge in [0.15, 0.2) is 0 Å². The molecule has 1 aliphatic heterocycles. The average Bonchev–Trinajstić information content (AvgIpc) is 2.81. The summed E-state index contributed by atoms with van der Waals surface area (Å²) >= 11 is 0.0121. The second-order valence-corrected chi connectivity index (χ2v) is 6.53. The van der Waals surface area contributed by atoms with E-state index in [1.807, 2.05) is 6.26 Å². The Kier molecular flexibility index (Phi) is 6.24. The van der Waals surface area contributed by atoms with Gasteiger partial charge in [0, 0.05) is 6.42 Å². The van der Waals surface area contributed by atoms with Gasteiger partial charge >= 0.3 is 5.97 Å². The number of amides is 2. The quantitative estimate of drug-likeness (QED) is 0.347. The van der Waals surface area contributed by atoms with Gasteiger partial charge in [-0.1, -0.05) is 0 Å². The van der Waals surface area contributed by atoms with Gasteiger partial charge in [-0.05, 0) is 6.92 Å². The number of hydrogen-bond donors (Lipinski definition) is 5. The highest BCUT2D eigenvalue weighted by Crippen LogP contribution is 2.08. The van der Waals surface area contributed by atoms with Crippen LogP contribution in [-0.4, -0.2) is 64.7 Å². The maximum absolute atomic E-state index is 11.9. The van der Waals surface area contributed by atoms with Gasteiger partial charge < -0.3 is 20.8 Å². The first-order valence-electron chi connectivity index (χ1n) is 6.18. The lowest BCUT2D eigenvalue weighted by molar-refractivity contribution is -0.143. The van der Waals surface area contributed by atoms with E-state index in [0.29, 0.717) is 6.42 Å². The summed E-state index contributed by atoms with van der Waals surface area (Å²) in [4.78, 5) is 34.3. The molecule has 0 bridgehead atoms. The van der Waals surface area contributed by atoms with Gasteiger partial charge in [0.1, 0.15) is 30.1 Å². The van der Waals surface area contributed by atoms with E-state index in [2.05, 4.69) is 15.4 Å². The summed E-state index contributed by atoms with van der Waals surface area (Å²) < 4.78 is 3.12. The van der Waals surface area contributed by atoms with E-state index < -0.39 is 30.6 Å². The molecule has 0 aromatic rings. The van der Waals surface area contributed by atoms with Crippen LogP contribution in [0, 0.1) is 0 Å². The summed E-state index contributed by atoms with van der Waals surface area (Å²) in [7, 11) is 0. The van der Waals surface area contributed by atoms with Crippen molar-refractivity contribution in [2.24, 2.45) is 0 Å². The highest BCUT2D eigenvalue weighted by Gasteiger charge is 2.35. The summed E-state index contributed by atoms with van der Waals surface area (Å²) in [5.41, 5.74) is 0. The number of carboxylic acids is 1. The van der Waals surface area contributed by atoms with Crippen molar-refractivity contribution in [1.29, 1.82) is 0 Å². The van der Waals surface area contributed by atoms with Crippen LogP contribution in [0.4, 0.5) is 0 Å². The fraction of sp³-hybridized carbons (Fsp3) is 0.727. The molecule has 4 atom stereocenters. The first-order valence-corrected chi connectivity index (χ1v) is 7.98. The lowest BCUT2D eigenvalue weighted by Gasteiger charge is -2.18. The van der Waals surface area contributed by atoms with Crippen molar-refractivity contribution in [1.82, 2.24) is 15.4 Å². The molecule has 9 heteroatoms. The third kappa shape index (κ3) is 4.66. The molecule has 20 heavy (non-hydrogen) atoms. The third-order valence-electron chi connectivity index (χ3n) is 2.92. The summed E-state index contributed by atoms with van der Waals surface area (Å²) in [6.07, 6.45) is 2.72. The van der Waals surface area contributed by atoms with Crippen molar-refractivity contribution < 1.29 is 24.6 Å². The Labute approximate surface area is 119 Å². The molecule has 8 nitrogen and oxygen atoms in total. The number of aliphatic hydroxyl groups excluding tert-OH is 1. The molecule has 0 aliphatic carbocycles. The number of nitrogens with one attached hydrogen (secondary N) is 3. The zero-order chi connectivity index (χ0) is 15.3. The van der Waals surface area contributed by atoms with Gasteiger partial charge in [-0.25, -0.2) is 4.79 Å². The maximum atomic E-state index is 11.9. The minimum absolute atomic E-state index is 0.0121. The third-order valence-corrected chi connectivity index (χ3v) is 4.46. The summed E-state index contributed by atoms with van der Waals surface area (Å²) in [6, 6.07) is -2.54. The number of carbonyl (C=O) groups is 3. The topological polar surface area (TPSA) is 128 Å². The number of rotatable bonds is 6. The molecule has 1 rings (SSSR count). The standard InChI is InChI=1S/C11H19N3O5S/c1-6(9(16)13-8(5-15)11(18)19)12-10(17)7-3-4-20(2)14-7/h6-8,14-15H,3-5H2,1-2H3,(H2-,12,13,16,17,18,19)/p+1/t6-,7-,8-,20?/m0/s1. The zero-order valence-electron chi connectivity index (χ0n) is 11.4. The number of aliphatic hydroxyl groups is 1. The molecule has 0 saturated carbocycles. The van der Waals surface area contributed by atoms with Crippen LogP contribution >= 0.6 is 0 Å². The van der Waals surface area contributed by atoms with Crippen LogP contribution in [0.5, 0.6) is 0 Å². The normalized spacial score (nSPS) is 24.8. The fourth-order valence-electron chi connectivity index (χ4n) is 1.70. The molecule has 0 radical (unpaired) electrons. The highest BCUT2D eigenvalue weighted by molar-refractivity contribution is 7.94. The largest absolute Gasteiger partial charge is 0.480 e. The van der Waals surface area contributed by atoms with Crippen molar-refractivity contribution in [3.05, 3.63) is 0 Å². The Hall–Kier alpha value is -1.32. The Balaban J connectivity index is 2.45. The van der Waals surface area contributed by atoms with E-state index in [0.717, 1.165) is 5.75 Å². The molecule has 0 aromatic carbocycles. The van der Waals surface area contributed by atoms with Crippen molar-refractivity contribution in [2.75, 3.05) is 18.6 Å². The minimum Gasteiger partial charge on any atom is -0.480 e. The fourth-order valence-corrected chi connectivity index (χ4v) is 3.12. The molecule has 0 spiro atoms. The Morgan fingerprint density at radius 1 is 1.40 bits per heavy atom. The second kappa shape index (κ2) is 7.46. The van der Waals surface area contributed by atoms with Gasteiger partial charge in [0.05, 0.1) is 17.7 Å². The van der Waals surface area contributed by atoms with E-state index in [9.17, 15) is 14.4 Å². The lowest BCUT2D eigenvalue weighted by atomic mass is 10.2. The van der Waals surface area contributed by atoms with Gasteiger partial charge in [0.2, 0.25) is 11.8 Å². The van der Waals surface area contributed by atoms with Crippen LogP contribution in [0.25, 0.3) is 0 Å². The molecule has 1 aliphatic rings. The van der Waals surface area contributed by atoms with E-state index in [4.69, 9.17) is 10.2 Å². The van der Waals surface area contributed by atoms with Crippen LogP contribution in [0.3, 0.4) is 0 Å². The van der Waals surface area contributed by atoms with E-state index in [1.54, 1.807) is 0 Å². The van der Waals surface area contributed by atoms with Crippen LogP contribution in [0.1, 0.15) is 13.3 Å².